The number of aromatic nitrogens is 4. The maximum atomic E-state index is 8.94. The van der Waals surface area contributed by atoms with E-state index in [4.69, 9.17) is 28.5 Å². The lowest BCUT2D eigenvalue weighted by Gasteiger charge is -2.03. The van der Waals surface area contributed by atoms with Crippen molar-refractivity contribution >= 4 is 28.8 Å². The second-order valence-corrected chi connectivity index (χ2v) is 4.48. The summed E-state index contributed by atoms with van der Waals surface area (Å²) in [6.45, 7) is 0. The highest BCUT2D eigenvalue weighted by Crippen LogP contribution is 2.27. The molecule has 3 aromatic heterocycles. The van der Waals surface area contributed by atoms with Gasteiger partial charge in [-0.05, 0) is 23.7 Å². The lowest BCUT2D eigenvalue weighted by atomic mass is 10.3. The van der Waals surface area contributed by atoms with E-state index in [2.05, 4.69) is 21.0 Å². The standard InChI is InChI=1S/C12H5Cl2N5/c13-8-4-17-12(14)18-11(8)9-5-16-10-2-1-7(3-15)6-19(9)10/h1-2,4-6H. The fourth-order valence-corrected chi connectivity index (χ4v) is 2.07. The molecule has 0 amide bonds. The predicted molar refractivity (Wildman–Crippen MR) is 71.0 cm³/mol. The van der Waals surface area contributed by atoms with E-state index in [-0.39, 0.29) is 5.28 Å². The second-order valence-electron chi connectivity index (χ2n) is 3.74. The minimum absolute atomic E-state index is 0.103. The number of fused-ring (bicyclic) bond motifs is 1. The van der Waals surface area contributed by atoms with Gasteiger partial charge in [0.25, 0.3) is 0 Å². The van der Waals surface area contributed by atoms with Gasteiger partial charge in [0.1, 0.15) is 17.4 Å². The Bertz CT molecular complexity index is 819. The molecule has 0 saturated carbocycles. The van der Waals surface area contributed by atoms with E-state index >= 15 is 0 Å². The van der Waals surface area contributed by atoms with Crippen LogP contribution in [0.4, 0.5) is 0 Å². The van der Waals surface area contributed by atoms with Crippen molar-refractivity contribution in [2.45, 2.75) is 0 Å². The average molecular weight is 290 g/mol. The topological polar surface area (TPSA) is 66.9 Å². The van der Waals surface area contributed by atoms with Crippen LogP contribution in [0, 0.1) is 11.3 Å². The van der Waals surface area contributed by atoms with Crippen LogP contribution >= 0.6 is 23.2 Å². The summed E-state index contributed by atoms with van der Waals surface area (Å²) in [5.74, 6) is 0. The zero-order valence-electron chi connectivity index (χ0n) is 9.38. The first kappa shape index (κ1) is 11.9. The zero-order valence-corrected chi connectivity index (χ0v) is 10.9. The van der Waals surface area contributed by atoms with Gasteiger partial charge in [-0.3, -0.25) is 4.40 Å². The van der Waals surface area contributed by atoms with Crippen molar-refractivity contribution in [2.75, 3.05) is 0 Å². The Hall–Kier alpha value is -2.16. The number of imidazole rings is 1. The van der Waals surface area contributed by atoms with Crippen LogP contribution in [-0.2, 0) is 0 Å². The Labute approximate surface area is 118 Å². The molecule has 0 N–H and O–H groups in total. The molecular weight excluding hydrogens is 285 g/mol. The Morgan fingerprint density at radius 3 is 2.79 bits per heavy atom. The molecule has 3 heterocycles. The normalized spacial score (nSPS) is 10.6. The lowest BCUT2D eigenvalue weighted by molar-refractivity contribution is 1.12. The van der Waals surface area contributed by atoms with E-state index in [1.54, 1.807) is 28.9 Å². The first-order chi connectivity index (χ1) is 9.19. The first-order valence-electron chi connectivity index (χ1n) is 5.24. The number of nitrogens with zero attached hydrogens (tertiary/aromatic N) is 5. The number of pyridine rings is 1. The summed E-state index contributed by atoms with van der Waals surface area (Å²) in [5.41, 5.74) is 2.34. The van der Waals surface area contributed by atoms with Crippen molar-refractivity contribution in [1.82, 2.24) is 19.4 Å². The summed E-state index contributed by atoms with van der Waals surface area (Å²) in [6.07, 6.45) is 4.73. The minimum atomic E-state index is 0.103. The van der Waals surface area contributed by atoms with Gasteiger partial charge in [0, 0.05) is 6.20 Å². The zero-order chi connectivity index (χ0) is 13.4. The molecule has 0 fully saturated rings. The number of hydrogen-bond acceptors (Lipinski definition) is 4. The van der Waals surface area contributed by atoms with Gasteiger partial charge < -0.3 is 0 Å². The highest BCUT2D eigenvalue weighted by molar-refractivity contribution is 6.33. The molecule has 0 saturated heterocycles. The Morgan fingerprint density at radius 1 is 1.16 bits per heavy atom. The molecule has 0 aliphatic carbocycles. The summed E-state index contributed by atoms with van der Waals surface area (Å²) >= 11 is 11.9. The summed E-state index contributed by atoms with van der Waals surface area (Å²) < 4.78 is 1.74. The molecule has 92 valence electrons. The minimum Gasteiger partial charge on any atom is -0.297 e. The van der Waals surface area contributed by atoms with Gasteiger partial charge in [-0.15, -0.1) is 0 Å². The fourth-order valence-electron chi connectivity index (χ4n) is 1.75. The smallest absolute Gasteiger partial charge is 0.223 e. The van der Waals surface area contributed by atoms with Crippen LogP contribution in [0.25, 0.3) is 17.0 Å². The summed E-state index contributed by atoms with van der Waals surface area (Å²) in [5, 5.41) is 9.41. The number of hydrogen-bond donors (Lipinski definition) is 0. The van der Waals surface area contributed by atoms with Crippen molar-refractivity contribution in [1.29, 1.82) is 5.26 Å². The fraction of sp³-hybridized carbons (Fsp3) is 0. The van der Waals surface area contributed by atoms with E-state index in [1.165, 1.54) is 6.20 Å². The van der Waals surface area contributed by atoms with E-state index in [1.807, 2.05) is 0 Å². The third kappa shape index (κ3) is 2.01. The van der Waals surface area contributed by atoms with E-state index in [0.717, 1.165) is 0 Å². The Morgan fingerprint density at radius 2 is 2.00 bits per heavy atom. The van der Waals surface area contributed by atoms with Crippen LogP contribution in [0.3, 0.4) is 0 Å². The largest absolute Gasteiger partial charge is 0.297 e. The van der Waals surface area contributed by atoms with Crippen molar-refractivity contribution in [2.24, 2.45) is 0 Å². The van der Waals surface area contributed by atoms with E-state index in [9.17, 15) is 0 Å². The molecule has 5 nitrogen and oxygen atoms in total. The maximum absolute atomic E-state index is 8.94. The molecular formula is C12H5Cl2N5. The molecule has 3 aromatic rings. The Balaban J connectivity index is 2.31. The van der Waals surface area contributed by atoms with Crippen LogP contribution in [0.5, 0.6) is 0 Å². The molecule has 0 radical (unpaired) electrons. The van der Waals surface area contributed by atoms with Crippen LogP contribution < -0.4 is 0 Å². The van der Waals surface area contributed by atoms with Gasteiger partial charge in [-0.25, -0.2) is 15.0 Å². The van der Waals surface area contributed by atoms with E-state index in [0.29, 0.717) is 27.6 Å². The molecule has 19 heavy (non-hydrogen) atoms. The van der Waals surface area contributed by atoms with Crippen LogP contribution in [0.1, 0.15) is 5.56 Å². The quantitative estimate of drug-likeness (QED) is 0.646. The molecule has 3 rings (SSSR count). The molecule has 0 spiro atoms. The molecule has 0 unspecified atom stereocenters. The lowest BCUT2D eigenvalue weighted by Crippen LogP contribution is -1.94. The van der Waals surface area contributed by atoms with Gasteiger partial charge in [0.15, 0.2) is 0 Å². The van der Waals surface area contributed by atoms with E-state index < -0.39 is 0 Å². The third-order valence-electron chi connectivity index (χ3n) is 2.59. The van der Waals surface area contributed by atoms with Crippen LogP contribution in [0.2, 0.25) is 10.3 Å². The summed E-state index contributed by atoms with van der Waals surface area (Å²) in [4.78, 5) is 12.1. The van der Waals surface area contributed by atoms with Crippen molar-refractivity contribution in [3.8, 4) is 17.5 Å². The monoisotopic (exact) mass is 289 g/mol. The van der Waals surface area contributed by atoms with Crippen molar-refractivity contribution in [3.63, 3.8) is 0 Å². The molecule has 0 atom stereocenters. The number of nitriles is 1. The molecule has 0 aliphatic heterocycles. The van der Waals surface area contributed by atoms with Gasteiger partial charge in [-0.2, -0.15) is 5.26 Å². The van der Waals surface area contributed by atoms with Crippen molar-refractivity contribution in [3.05, 3.63) is 46.6 Å². The number of rotatable bonds is 1. The average Bonchev–Trinajstić information content (AvgIpc) is 2.84. The second kappa shape index (κ2) is 4.50. The van der Waals surface area contributed by atoms with Gasteiger partial charge in [0.2, 0.25) is 5.28 Å². The van der Waals surface area contributed by atoms with Crippen molar-refractivity contribution < 1.29 is 0 Å². The number of halogens is 2. The molecule has 7 heteroatoms. The third-order valence-corrected chi connectivity index (χ3v) is 3.05. The Kier molecular flexibility index (Phi) is 2.82. The summed E-state index contributed by atoms with van der Waals surface area (Å²) in [6, 6.07) is 5.52. The highest BCUT2D eigenvalue weighted by atomic mass is 35.5. The molecule has 0 bridgehead atoms. The first-order valence-corrected chi connectivity index (χ1v) is 6.00. The highest BCUT2D eigenvalue weighted by Gasteiger charge is 2.12. The van der Waals surface area contributed by atoms with Gasteiger partial charge >= 0.3 is 0 Å². The molecule has 0 aromatic carbocycles. The van der Waals surface area contributed by atoms with Crippen LogP contribution in [-0.4, -0.2) is 19.4 Å². The van der Waals surface area contributed by atoms with Crippen LogP contribution in [0.15, 0.2) is 30.7 Å². The molecule has 0 aliphatic rings. The SMILES string of the molecule is N#Cc1ccc2ncc(-c3nc(Cl)ncc3Cl)n2c1. The van der Waals surface area contributed by atoms with Gasteiger partial charge in [-0.1, -0.05) is 11.6 Å². The maximum Gasteiger partial charge on any atom is 0.223 e. The van der Waals surface area contributed by atoms with Gasteiger partial charge in [0.05, 0.1) is 28.7 Å². The predicted octanol–water partition coefficient (Wildman–Crippen LogP) is 2.97. The summed E-state index contributed by atoms with van der Waals surface area (Å²) in [7, 11) is 0.